The van der Waals surface area contributed by atoms with Crippen LogP contribution in [0.25, 0.3) is 0 Å². The van der Waals surface area contributed by atoms with E-state index in [4.69, 9.17) is 10.5 Å². The number of rotatable bonds is 3. The first-order valence-electron chi connectivity index (χ1n) is 5.95. The molecular formula is C13H19FN2O. The highest BCUT2D eigenvalue weighted by Crippen LogP contribution is 2.29. The van der Waals surface area contributed by atoms with Gasteiger partial charge in [0.2, 0.25) is 0 Å². The number of halogens is 1. The predicted octanol–water partition coefficient (Wildman–Crippen LogP) is 1.77. The van der Waals surface area contributed by atoms with Crippen LogP contribution < -0.4 is 10.6 Å². The minimum absolute atomic E-state index is 0.202. The summed E-state index contributed by atoms with van der Waals surface area (Å²) in [5.41, 5.74) is 6.54. The maximum absolute atomic E-state index is 13.2. The molecule has 1 saturated heterocycles. The molecule has 17 heavy (non-hydrogen) atoms. The first kappa shape index (κ1) is 12.3. The van der Waals surface area contributed by atoms with E-state index in [1.165, 1.54) is 12.1 Å². The Morgan fingerprint density at radius 1 is 1.53 bits per heavy atom. The fourth-order valence-electron chi connectivity index (χ4n) is 2.36. The molecule has 1 aliphatic rings. The van der Waals surface area contributed by atoms with Crippen LogP contribution in [0.5, 0.6) is 0 Å². The second-order valence-electron chi connectivity index (χ2n) is 4.62. The van der Waals surface area contributed by atoms with Crippen LogP contribution in [0.1, 0.15) is 12.8 Å². The summed E-state index contributed by atoms with van der Waals surface area (Å²) in [6, 6.07) is 6.60. The first-order valence-corrected chi connectivity index (χ1v) is 5.95. The van der Waals surface area contributed by atoms with Crippen LogP contribution in [-0.4, -0.2) is 32.3 Å². The topological polar surface area (TPSA) is 38.5 Å². The average molecular weight is 238 g/mol. The standard InChI is InChI=1S/C13H19FN2O/c1-16(12-5-2-4-11(14)8-12)13(9-15)6-3-7-17-10-13/h2,4-5,8H,3,6-7,9-10,15H2,1H3. The number of hydrogen-bond acceptors (Lipinski definition) is 3. The fraction of sp³-hybridized carbons (Fsp3) is 0.538. The SMILES string of the molecule is CN(c1cccc(F)c1)C1(CN)CCCOC1. The molecule has 1 fully saturated rings. The molecule has 1 aliphatic heterocycles. The lowest BCUT2D eigenvalue weighted by atomic mass is 9.90. The molecule has 1 aromatic rings. The van der Waals surface area contributed by atoms with Crippen molar-refractivity contribution in [3.63, 3.8) is 0 Å². The Labute approximate surface area is 101 Å². The molecule has 1 atom stereocenters. The van der Waals surface area contributed by atoms with Crippen molar-refractivity contribution >= 4 is 5.69 Å². The highest BCUT2D eigenvalue weighted by atomic mass is 19.1. The Morgan fingerprint density at radius 3 is 2.94 bits per heavy atom. The number of hydrogen-bond donors (Lipinski definition) is 1. The van der Waals surface area contributed by atoms with Crippen LogP contribution in [0.4, 0.5) is 10.1 Å². The van der Waals surface area contributed by atoms with Gasteiger partial charge in [0.1, 0.15) is 5.82 Å². The van der Waals surface area contributed by atoms with Gasteiger partial charge >= 0.3 is 0 Å². The van der Waals surface area contributed by atoms with Crippen LogP contribution >= 0.6 is 0 Å². The molecule has 2 N–H and O–H groups in total. The van der Waals surface area contributed by atoms with Gasteiger partial charge in [-0.15, -0.1) is 0 Å². The Hall–Kier alpha value is -1.13. The molecule has 1 heterocycles. The van der Waals surface area contributed by atoms with Gasteiger partial charge in [-0.05, 0) is 31.0 Å². The summed E-state index contributed by atoms with van der Waals surface area (Å²) in [6.07, 6.45) is 1.98. The zero-order chi connectivity index (χ0) is 12.3. The van der Waals surface area contributed by atoms with Crippen molar-refractivity contribution < 1.29 is 9.13 Å². The van der Waals surface area contributed by atoms with Crippen molar-refractivity contribution in [1.82, 2.24) is 0 Å². The van der Waals surface area contributed by atoms with Crippen molar-refractivity contribution in [1.29, 1.82) is 0 Å². The van der Waals surface area contributed by atoms with E-state index in [0.717, 1.165) is 25.1 Å². The molecule has 0 aromatic heterocycles. The normalized spacial score (nSPS) is 24.6. The van der Waals surface area contributed by atoms with Crippen LogP contribution in [-0.2, 0) is 4.74 Å². The van der Waals surface area contributed by atoms with Gasteiger partial charge in [0.05, 0.1) is 12.1 Å². The molecule has 0 spiro atoms. The van der Waals surface area contributed by atoms with Crippen LogP contribution in [0, 0.1) is 5.82 Å². The monoisotopic (exact) mass is 238 g/mol. The number of nitrogens with two attached hydrogens (primary N) is 1. The number of likely N-dealkylation sites (N-methyl/N-ethyl adjacent to an activating group) is 1. The number of benzene rings is 1. The molecular weight excluding hydrogens is 219 g/mol. The van der Waals surface area contributed by atoms with E-state index in [2.05, 4.69) is 4.90 Å². The molecule has 2 rings (SSSR count). The highest BCUT2D eigenvalue weighted by Gasteiger charge is 2.35. The van der Waals surface area contributed by atoms with E-state index >= 15 is 0 Å². The fourth-order valence-corrected chi connectivity index (χ4v) is 2.36. The molecule has 0 radical (unpaired) electrons. The zero-order valence-electron chi connectivity index (χ0n) is 10.2. The third-order valence-electron chi connectivity index (χ3n) is 3.59. The molecule has 0 saturated carbocycles. The van der Waals surface area contributed by atoms with Gasteiger partial charge in [-0.1, -0.05) is 6.07 Å². The van der Waals surface area contributed by atoms with Gasteiger partial charge in [-0.25, -0.2) is 4.39 Å². The summed E-state index contributed by atoms with van der Waals surface area (Å²) < 4.78 is 18.8. The average Bonchev–Trinajstić information content (AvgIpc) is 2.38. The van der Waals surface area contributed by atoms with Crippen LogP contribution in [0.3, 0.4) is 0 Å². The highest BCUT2D eigenvalue weighted by molar-refractivity contribution is 5.48. The minimum Gasteiger partial charge on any atom is -0.379 e. The Morgan fingerprint density at radius 2 is 2.35 bits per heavy atom. The van der Waals surface area contributed by atoms with E-state index in [1.54, 1.807) is 6.07 Å². The summed E-state index contributed by atoms with van der Waals surface area (Å²) >= 11 is 0. The van der Waals surface area contributed by atoms with Crippen LogP contribution in [0.2, 0.25) is 0 Å². The van der Waals surface area contributed by atoms with Crippen molar-refractivity contribution in [2.45, 2.75) is 18.4 Å². The third kappa shape index (κ3) is 2.42. The Kier molecular flexibility index (Phi) is 3.64. The van der Waals surface area contributed by atoms with Crippen molar-refractivity contribution in [2.75, 3.05) is 31.7 Å². The molecule has 0 amide bonds. The molecule has 94 valence electrons. The Balaban J connectivity index is 2.24. The molecule has 1 unspecified atom stereocenters. The van der Waals surface area contributed by atoms with Crippen molar-refractivity contribution in [3.8, 4) is 0 Å². The smallest absolute Gasteiger partial charge is 0.125 e. The van der Waals surface area contributed by atoms with E-state index in [9.17, 15) is 4.39 Å². The first-order chi connectivity index (χ1) is 8.18. The number of ether oxygens (including phenoxy) is 1. The second-order valence-corrected chi connectivity index (χ2v) is 4.62. The largest absolute Gasteiger partial charge is 0.379 e. The summed E-state index contributed by atoms with van der Waals surface area (Å²) in [6.45, 7) is 1.91. The third-order valence-corrected chi connectivity index (χ3v) is 3.59. The zero-order valence-corrected chi connectivity index (χ0v) is 10.2. The molecule has 3 nitrogen and oxygen atoms in total. The number of nitrogens with zero attached hydrogens (tertiary/aromatic N) is 1. The predicted molar refractivity (Wildman–Crippen MR) is 66.6 cm³/mol. The minimum atomic E-state index is -0.224. The van der Waals surface area contributed by atoms with Gasteiger partial charge in [-0.3, -0.25) is 0 Å². The van der Waals surface area contributed by atoms with Gasteiger partial charge in [-0.2, -0.15) is 0 Å². The second kappa shape index (κ2) is 5.02. The van der Waals surface area contributed by atoms with E-state index in [0.29, 0.717) is 13.2 Å². The molecule has 1 aromatic carbocycles. The van der Waals surface area contributed by atoms with Gasteiger partial charge in [0, 0.05) is 25.9 Å². The van der Waals surface area contributed by atoms with E-state index < -0.39 is 0 Å². The van der Waals surface area contributed by atoms with Crippen molar-refractivity contribution in [2.24, 2.45) is 5.73 Å². The lowest BCUT2D eigenvalue weighted by Gasteiger charge is -2.44. The van der Waals surface area contributed by atoms with Gasteiger partial charge < -0.3 is 15.4 Å². The summed E-state index contributed by atoms with van der Waals surface area (Å²) in [5.74, 6) is -0.224. The Bertz CT molecular complexity index is 377. The van der Waals surface area contributed by atoms with Gasteiger partial charge in [0.15, 0.2) is 0 Å². The lowest BCUT2D eigenvalue weighted by Crippen LogP contribution is -2.57. The maximum Gasteiger partial charge on any atom is 0.125 e. The molecule has 0 aliphatic carbocycles. The maximum atomic E-state index is 13.2. The summed E-state index contributed by atoms with van der Waals surface area (Å²) in [7, 11) is 1.95. The lowest BCUT2D eigenvalue weighted by molar-refractivity contribution is 0.0396. The van der Waals surface area contributed by atoms with E-state index in [-0.39, 0.29) is 11.4 Å². The quantitative estimate of drug-likeness (QED) is 0.872. The summed E-state index contributed by atoms with van der Waals surface area (Å²) in [5, 5.41) is 0. The van der Waals surface area contributed by atoms with Crippen LogP contribution in [0.15, 0.2) is 24.3 Å². The molecule has 0 bridgehead atoms. The van der Waals surface area contributed by atoms with Crippen molar-refractivity contribution in [3.05, 3.63) is 30.1 Å². The molecule has 4 heteroatoms. The van der Waals surface area contributed by atoms with E-state index in [1.807, 2.05) is 13.1 Å². The summed E-state index contributed by atoms with van der Waals surface area (Å²) in [4.78, 5) is 2.05. The number of anilines is 1. The van der Waals surface area contributed by atoms with Gasteiger partial charge in [0.25, 0.3) is 0 Å².